The number of rotatable bonds is 6. The van der Waals surface area contributed by atoms with E-state index in [9.17, 15) is 22.7 Å². The summed E-state index contributed by atoms with van der Waals surface area (Å²) in [5, 5.41) is 10.2. The van der Waals surface area contributed by atoms with Gasteiger partial charge in [-0.25, -0.2) is 13.4 Å². The average molecular weight is 399 g/mol. The van der Waals surface area contributed by atoms with Crippen molar-refractivity contribution in [2.24, 2.45) is 11.8 Å². The molecule has 0 spiro atoms. The number of nitrogens with zero attached hydrogens (tertiary/aromatic N) is 2. The van der Waals surface area contributed by atoms with Crippen LogP contribution in [0.5, 0.6) is 5.75 Å². The maximum Gasteiger partial charge on any atom is 0.326 e. The van der Waals surface area contributed by atoms with Crippen molar-refractivity contribution in [1.82, 2.24) is 9.62 Å². The Balaban J connectivity index is 1.66. The molecule has 0 aromatic heterocycles. The van der Waals surface area contributed by atoms with Crippen LogP contribution < -0.4 is 9.03 Å². The van der Waals surface area contributed by atoms with Crippen LogP contribution in [0.25, 0.3) is 0 Å². The van der Waals surface area contributed by atoms with E-state index in [4.69, 9.17) is 0 Å². The first-order valence-corrected chi connectivity index (χ1v) is 10.7. The lowest BCUT2D eigenvalue weighted by atomic mass is 9.97. The van der Waals surface area contributed by atoms with Gasteiger partial charge in [-0.3, -0.25) is 4.79 Å². The van der Waals surface area contributed by atoms with Crippen LogP contribution in [-0.2, 0) is 21.4 Å². The van der Waals surface area contributed by atoms with Gasteiger partial charge in [-0.05, 0) is 55.3 Å². The maximum absolute atomic E-state index is 14.5. The van der Waals surface area contributed by atoms with Crippen LogP contribution in [0.2, 0.25) is 0 Å². The van der Waals surface area contributed by atoms with Crippen molar-refractivity contribution in [3.05, 3.63) is 23.5 Å². The SMILES string of the molecule is CC(C)C[C@@H]1CCN(CCc2cc(O)c(N3CC(=O)NS3(=O)=O)c(F)c2)C1. The third-order valence-electron chi connectivity index (χ3n) is 5.06. The number of hydrogen-bond donors (Lipinski definition) is 2. The van der Waals surface area contributed by atoms with Crippen molar-refractivity contribution in [3.63, 3.8) is 0 Å². The number of nitrogens with one attached hydrogen (secondary N) is 1. The second-order valence-electron chi connectivity index (χ2n) is 7.82. The summed E-state index contributed by atoms with van der Waals surface area (Å²) in [7, 11) is -4.16. The molecule has 2 aliphatic rings. The second kappa shape index (κ2) is 7.63. The summed E-state index contributed by atoms with van der Waals surface area (Å²) in [6, 6.07) is 2.60. The van der Waals surface area contributed by atoms with E-state index in [1.165, 1.54) is 25.0 Å². The highest BCUT2D eigenvalue weighted by Gasteiger charge is 2.37. The average Bonchev–Trinajstić information content (AvgIpc) is 3.07. The van der Waals surface area contributed by atoms with Crippen LogP contribution in [0.3, 0.4) is 0 Å². The van der Waals surface area contributed by atoms with E-state index in [2.05, 4.69) is 18.7 Å². The Morgan fingerprint density at radius 1 is 1.37 bits per heavy atom. The van der Waals surface area contributed by atoms with Crippen LogP contribution in [-0.4, -0.2) is 50.5 Å². The number of halogens is 1. The molecule has 2 fully saturated rings. The highest BCUT2D eigenvalue weighted by atomic mass is 32.2. The normalized spacial score (nSPS) is 22.6. The number of anilines is 1. The Hall–Kier alpha value is -1.87. The van der Waals surface area contributed by atoms with Crippen LogP contribution in [0.15, 0.2) is 12.1 Å². The zero-order valence-corrected chi connectivity index (χ0v) is 16.4. The third-order valence-corrected chi connectivity index (χ3v) is 6.44. The molecule has 1 atom stereocenters. The van der Waals surface area contributed by atoms with Crippen molar-refractivity contribution in [2.75, 3.05) is 30.5 Å². The van der Waals surface area contributed by atoms with Gasteiger partial charge in [-0.1, -0.05) is 13.8 Å². The Bertz CT molecular complexity index is 805. The molecular weight excluding hydrogens is 373 g/mol. The number of benzene rings is 1. The number of phenols is 1. The Morgan fingerprint density at radius 2 is 2.11 bits per heavy atom. The van der Waals surface area contributed by atoms with Gasteiger partial charge in [0.05, 0.1) is 0 Å². The molecule has 0 unspecified atom stereocenters. The third kappa shape index (κ3) is 4.52. The standard InChI is InChI=1S/C18H26FN3O4S/c1-12(2)7-14-4-6-21(10-14)5-3-13-8-15(19)18(16(23)9-13)22-11-17(24)20-27(22,25)26/h8-9,12,14,23H,3-7,10-11H2,1-2H3,(H,20,24)/t14-/m0/s1. The van der Waals surface area contributed by atoms with Gasteiger partial charge < -0.3 is 10.0 Å². The van der Waals surface area contributed by atoms with Gasteiger partial charge in [-0.15, -0.1) is 0 Å². The molecule has 3 rings (SSSR count). The lowest BCUT2D eigenvalue weighted by molar-refractivity contribution is -0.117. The van der Waals surface area contributed by atoms with E-state index >= 15 is 0 Å². The fourth-order valence-electron chi connectivity index (χ4n) is 3.94. The monoisotopic (exact) mass is 399 g/mol. The molecule has 1 aromatic rings. The molecule has 7 nitrogen and oxygen atoms in total. The molecule has 1 aromatic carbocycles. The van der Waals surface area contributed by atoms with E-state index in [1.54, 1.807) is 4.72 Å². The summed E-state index contributed by atoms with van der Waals surface area (Å²) >= 11 is 0. The minimum absolute atomic E-state index is 0.482. The van der Waals surface area contributed by atoms with Crippen LogP contribution >= 0.6 is 0 Å². The topological polar surface area (TPSA) is 89.9 Å². The zero-order chi connectivity index (χ0) is 19.8. The number of likely N-dealkylation sites (tertiary alicyclic amines) is 1. The molecule has 2 N–H and O–H groups in total. The lowest BCUT2D eigenvalue weighted by Gasteiger charge is -2.19. The molecule has 0 radical (unpaired) electrons. The first-order chi connectivity index (χ1) is 12.7. The number of amides is 1. The molecule has 2 heterocycles. The number of aromatic hydroxyl groups is 1. The lowest BCUT2D eigenvalue weighted by Crippen LogP contribution is -2.30. The first-order valence-electron chi connectivity index (χ1n) is 9.22. The zero-order valence-electron chi connectivity index (χ0n) is 15.6. The summed E-state index contributed by atoms with van der Waals surface area (Å²) in [6.07, 6.45) is 2.94. The fourth-order valence-corrected chi connectivity index (χ4v) is 5.11. The van der Waals surface area contributed by atoms with Crippen LogP contribution in [0.1, 0.15) is 32.3 Å². The largest absolute Gasteiger partial charge is 0.506 e. The minimum atomic E-state index is -4.16. The second-order valence-corrected chi connectivity index (χ2v) is 9.41. The van der Waals surface area contributed by atoms with E-state index < -0.39 is 39.9 Å². The fraction of sp³-hybridized carbons (Fsp3) is 0.611. The molecular formula is C18H26FN3O4S. The number of phenolic OH excluding ortho intramolecular Hbond substituents is 1. The Morgan fingerprint density at radius 3 is 2.70 bits per heavy atom. The molecule has 1 amide bonds. The highest BCUT2D eigenvalue weighted by molar-refractivity contribution is 7.92. The predicted molar refractivity (Wildman–Crippen MR) is 100 cm³/mol. The molecule has 2 saturated heterocycles. The van der Waals surface area contributed by atoms with Gasteiger partial charge >= 0.3 is 10.2 Å². The van der Waals surface area contributed by atoms with Crippen molar-refractivity contribution in [1.29, 1.82) is 0 Å². The Labute approximate surface area is 159 Å². The molecule has 0 bridgehead atoms. The quantitative estimate of drug-likeness (QED) is 0.759. The summed E-state index contributed by atoms with van der Waals surface area (Å²) in [5.41, 5.74) is 0.104. The maximum atomic E-state index is 14.5. The predicted octanol–water partition coefficient (Wildman–Crippen LogP) is 1.62. The molecule has 0 saturated carbocycles. The minimum Gasteiger partial charge on any atom is -0.506 e. The summed E-state index contributed by atoms with van der Waals surface area (Å²) in [5.74, 6) is -0.726. The van der Waals surface area contributed by atoms with Crippen LogP contribution in [0, 0.1) is 17.7 Å². The molecule has 0 aliphatic carbocycles. The Kier molecular flexibility index (Phi) is 5.62. The van der Waals surface area contributed by atoms with E-state index in [0.29, 0.717) is 28.1 Å². The first kappa shape index (κ1) is 19.9. The number of carbonyl (C=O) groups excluding carboxylic acids is 1. The number of hydrogen-bond acceptors (Lipinski definition) is 5. The van der Waals surface area contributed by atoms with Crippen molar-refractivity contribution in [2.45, 2.75) is 33.1 Å². The van der Waals surface area contributed by atoms with Gasteiger partial charge in [0.25, 0.3) is 5.91 Å². The summed E-state index contributed by atoms with van der Waals surface area (Å²) < 4.78 is 40.6. The summed E-state index contributed by atoms with van der Waals surface area (Å²) in [6.45, 7) is 6.71. The highest BCUT2D eigenvalue weighted by Crippen LogP contribution is 2.34. The van der Waals surface area contributed by atoms with Gasteiger partial charge in [0.15, 0.2) is 5.82 Å². The van der Waals surface area contributed by atoms with Crippen molar-refractivity contribution in [3.8, 4) is 5.75 Å². The summed E-state index contributed by atoms with van der Waals surface area (Å²) in [4.78, 5) is 13.7. The van der Waals surface area contributed by atoms with E-state index in [-0.39, 0.29) is 0 Å². The van der Waals surface area contributed by atoms with Crippen molar-refractivity contribution < 1.29 is 22.7 Å². The van der Waals surface area contributed by atoms with Gasteiger partial charge in [0.1, 0.15) is 18.0 Å². The van der Waals surface area contributed by atoms with Gasteiger partial charge in [0.2, 0.25) is 0 Å². The van der Waals surface area contributed by atoms with Gasteiger partial charge in [-0.2, -0.15) is 8.42 Å². The van der Waals surface area contributed by atoms with Crippen molar-refractivity contribution >= 4 is 21.8 Å². The van der Waals surface area contributed by atoms with E-state index in [0.717, 1.165) is 19.6 Å². The van der Waals surface area contributed by atoms with Crippen LogP contribution in [0.4, 0.5) is 10.1 Å². The molecule has 2 aliphatic heterocycles. The van der Waals surface area contributed by atoms with E-state index in [1.807, 2.05) is 0 Å². The smallest absolute Gasteiger partial charge is 0.326 e. The molecule has 150 valence electrons. The number of carbonyl (C=O) groups is 1. The molecule has 9 heteroatoms. The van der Waals surface area contributed by atoms with Gasteiger partial charge in [0, 0.05) is 13.1 Å². The molecule has 27 heavy (non-hydrogen) atoms.